The number of aromatic nitrogens is 3. The minimum atomic E-state index is -0.00515. The molecule has 0 saturated heterocycles. The number of hydrogen-bond acceptors (Lipinski definition) is 6. The van der Waals surface area contributed by atoms with Gasteiger partial charge in [-0.05, 0) is 36.4 Å². The molecule has 0 amide bonds. The van der Waals surface area contributed by atoms with Crippen LogP contribution in [0.4, 0.5) is 0 Å². The van der Waals surface area contributed by atoms with Gasteiger partial charge in [0.25, 0.3) is 0 Å². The Balaban J connectivity index is 1.65. The molecule has 0 saturated carbocycles. The van der Waals surface area contributed by atoms with Gasteiger partial charge in [-0.3, -0.25) is 9.36 Å². The summed E-state index contributed by atoms with van der Waals surface area (Å²) in [5.74, 6) is 2.36. The van der Waals surface area contributed by atoms with Crippen LogP contribution in [0.3, 0.4) is 0 Å². The smallest absolute Gasteiger partial charge is 0.196 e. The number of rotatable bonds is 8. The summed E-state index contributed by atoms with van der Waals surface area (Å²) in [6, 6.07) is 24.7. The topological polar surface area (TPSA) is 66.2 Å². The highest BCUT2D eigenvalue weighted by Crippen LogP contribution is 2.29. The van der Waals surface area contributed by atoms with E-state index in [1.54, 1.807) is 26.4 Å². The van der Waals surface area contributed by atoms with Crippen molar-refractivity contribution < 1.29 is 14.3 Å². The summed E-state index contributed by atoms with van der Waals surface area (Å²) in [6.07, 6.45) is 0. The van der Waals surface area contributed by atoms with E-state index in [1.807, 2.05) is 71.3 Å². The summed E-state index contributed by atoms with van der Waals surface area (Å²) in [5.41, 5.74) is 2.43. The number of hydrogen-bond donors (Lipinski definition) is 0. The lowest BCUT2D eigenvalue weighted by molar-refractivity contribution is 0.102. The lowest BCUT2D eigenvalue weighted by Gasteiger charge is -2.11. The molecular formula is C24H21N3O3S. The molecule has 7 heteroatoms. The van der Waals surface area contributed by atoms with Crippen molar-refractivity contribution in [2.24, 2.45) is 0 Å². The number of methoxy groups -OCH3 is 2. The fraction of sp³-hybridized carbons (Fsp3) is 0.125. The molecule has 3 aromatic carbocycles. The Kier molecular flexibility index (Phi) is 6.33. The highest BCUT2D eigenvalue weighted by atomic mass is 32.2. The molecule has 0 atom stereocenters. The molecule has 0 spiro atoms. The van der Waals surface area contributed by atoms with Gasteiger partial charge in [-0.25, -0.2) is 0 Å². The molecule has 31 heavy (non-hydrogen) atoms. The lowest BCUT2D eigenvalue weighted by Crippen LogP contribution is -2.05. The average Bonchev–Trinajstić information content (AvgIpc) is 3.27. The molecule has 4 aromatic rings. The van der Waals surface area contributed by atoms with E-state index >= 15 is 0 Å². The summed E-state index contributed by atoms with van der Waals surface area (Å²) in [5, 5.41) is 9.43. The standard InChI is InChI=1S/C24H21N3O3S/c1-29-20-13-11-19(12-14-20)27-23(17-7-4-3-5-8-17)25-26-24(27)31-16-22(28)18-9-6-10-21(15-18)30-2/h3-15H,16H2,1-2H3. The zero-order valence-electron chi connectivity index (χ0n) is 17.2. The average molecular weight is 432 g/mol. The van der Waals surface area contributed by atoms with E-state index in [0.717, 1.165) is 17.0 Å². The molecular weight excluding hydrogens is 410 g/mol. The van der Waals surface area contributed by atoms with Crippen LogP contribution in [0.2, 0.25) is 0 Å². The summed E-state index contributed by atoms with van der Waals surface area (Å²) in [4.78, 5) is 12.7. The van der Waals surface area contributed by atoms with Gasteiger partial charge in [0, 0.05) is 16.8 Å². The van der Waals surface area contributed by atoms with Crippen molar-refractivity contribution in [3.8, 4) is 28.6 Å². The Hall–Kier alpha value is -3.58. The fourth-order valence-electron chi connectivity index (χ4n) is 3.11. The maximum atomic E-state index is 12.7. The Morgan fingerprint density at radius 3 is 2.32 bits per heavy atom. The van der Waals surface area contributed by atoms with Crippen molar-refractivity contribution in [3.05, 3.63) is 84.4 Å². The van der Waals surface area contributed by atoms with E-state index in [9.17, 15) is 4.79 Å². The summed E-state index contributed by atoms with van der Waals surface area (Å²) in [7, 11) is 3.22. The molecule has 1 aromatic heterocycles. The van der Waals surface area contributed by atoms with Gasteiger partial charge < -0.3 is 9.47 Å². The molecule has 0 fully saturated rings. The van der Waals surface area contributed by atoms with E-state index in [-0.39, 0.29) is 11.5 Å². The van der Waals surface area contributed by atoms with Crippen molar-refractivity contribution in [2.75, 3.05) is 20.0 Å². The largest absolute Gasteiger partial charge is 0.497 e. The van der Waals surface area contributed by atoms with Gasteiger partial charge in [0.2, 0.25) is 0 Å². The second-order valence-corrected chi connectivity index (χ2v) is 7.59. The maximum absolute atomic E-state index is 12.7. The Bertz CT molecular complexity index is 1170. The van der Waals surface area contributed by atoms with Gasteiger partial charge >= 0.3 is 0 Å². The molecule has 156 valence electrons. The number of thioether (sulfide) groups is 1. The maximum Gasteiger partial charge on any atom is 0.196 e. The second kappa shape index (κ2) is 9.49. The van der Waals surface area contributed by atoms with Gasteiger partial charge in [-0.2, -0.15) is 0 Å². The van der Waals surface area contributed by atoms with Gasteiger partial charge in [-0.1, -0.05) is 54.2 Å². The first kappa shape index (κ1) is 20.7. The van der Waals surface area contributed by atoms with Crippen molar-refractivity contribution in [2.45, 2.75) is 5.16 Å². The molecule has 0 radical (unpaired) electrons. The SMILES string of the molecule is COc1ccc(-n2c(SCC(=O)c3cccc(OC)c3)nnc2-c2ccccc2)cc1. The molecule has 4 rings (SSSR count). The minimum Gasteiger partial charge on any atom is -0.497 e. The normalized spacial score (nSPS) is 10.6. The highest BCUT2D eigenvalue weighted by molar-refractivity contribution is 7.99. The van der Waals surface area contributed by atoms with Crippen LogP contribution in [0.5, 0.6) is 11.5 Å². The molecule has 1 heterocycles. The summed E-state index contributed by atoms with van der Waals surface area (Å²) in [6.45, 7) is 0. The van der Waals surface area contributed by atoms with E-state index in [2.05, 4.69) is 10.2 Å². The first-order valence-corrected chi connectivity index (χ1v) is 10.6. The Morgan fingerprint density at radius 2 is 1.61 bits per heavy atom. The number of carbonyl (C=O) groups excluding carboxylic acids is 1. The predicted molar refractivity (Wildman–Crippen MR) is 121 cm³/mol. The predicted octanol–water partition coefficient (Wildman–Crippen LogP) is 4.93. The van der Waals surface area contributed by atoms with Crippen LogP contribution >= 0.6 is 11.8 Å². The first-order valence-electron chi connectivity index (χ1n) is 9.65. The summed E-state index contributed by atoms with van der Waals surface area (Å²) >= 11 is 1.35. The van der Waals surface area contributed by atoms with Gasteiger partial charge in [0.15, 0.2) is 16.8 Å². The van der Waals surface area contributed by atoms with Crippen LogP contribution in [0.25, 0.3) is 17.1 Å². The van der Waals surface area contributed by atoms with E-state index in [1.165, 1.54) is 11.8 Å². The van der Waals surface area contributed by atoms with Crippen molar-refractivity contribution >= 4 is 17.5 Å². The van der Waals surface area contributed by atoms with Gasteiger partial charge in [0.05, 0.1) is 20.0 Å². The third kappa shape index (κ3) is 4.62. The zero-order valence-corrected chi connectivity index (χ0v) is 18.0. The number of benzene rings is 3. The monoisotopic (exact) mass is 431 g/mol. The highest BCUT2D eigenvalue weighted by Gasteiger charge is 2.18. The van der Waals surface area contributed by atoms with Crippen LogP contribution in [-0.4, -0.2) is 40.5 Å². The quantitative estimate of drug-likeness (QED) is 0.291. The van der Waals surface area contributed by atoms with Crippen molar-refractivity contribution in [3.63, 3.8) is 0 Å². The molecule has 6 nitrogen and oxygen atoms in total. The molecule has 0 unspecified atom stereocenters. The molecule has 0 aliphatic carbocycles. The molecule has 0 bridgehead atoms. The number of ketones is 1. The number of ether oxygens (including phenoxy) is 2. The lowest BCUT2D eigenvalue weighted by atomic mass is 10.1. The van der Waals surface area contributed by atoms with Crippen LogP contribution in [0.15, 0.2) is 84.0 Å². The second-order valence-electron chi connectivity index (χ2n) is 6.65. The minimum absolute atomic E-state index is 0.00515. The fourth-order valence-corrected chi connectivity index (χ4v) is 3.96. The van der Waals surface area contributed by atoms with E-state index in [4.69, 9.17) is 9.47 Å². The molecule has 0 N–H and O–H groups in total. The zero-order chi connectivity index (χ0) is 21.6. The number of carbonyl (C=O) groups is 1. The van der Waals surface area contributed by atoms with Crippen LogP contribution in [0, 0.1) is 0 Å². The third-order valence-corrected chi connectivity index (χ3v) is 5.65. The number of nitrogens with zero attached hydrogens (tertiary/aromatic N) is 3. The van der Waals surface area contributed by atoms with Crippen LogP contribution in [0.1, 0.15) is 10.4 Å². The molecule has 0 aliphatic rings. The van der Waals surface area contributed by atoms with E-state index in [0.29, 0.717) is 22.3 Å². The van der Waals surface area contributed by atoms with E-state index < -0.39 is 0 Å². The Labute approximate surface area is 184 Å². The van der Waals surface area contributed by atoms with Gasteiger partial charge in [0.1, 0.15) is 11.5 Å². The van der Waals surface area contributed by atoms with Crippen molar-refractivity contribution in [1.82, 2.24) is 14.8 Å². The number of Topliss-reactive ketones (excluding diaryl/α,β-unsaturated/α-hetero) is 1. The third-order valence-electron chi connectivity index (χ3n) is 4.72. The van der Waals surface area contributed by atoms with Gasteiger partial charge in [-0.15, -0.1) is 10.2 Å². The first-order chi connectivity index (χ1) is 15.2. The summed E-state index contributed by atoms with van der Waals surface area (Å²) < 4.78 is 12.5. The van der Waals surface area contributed by atoms with Crippen LogP contribution in [-0.2, 0) is 0 Å². The Morgan fingerprint density at radius 1 is 0.871 bits per heavy atom. The van der Waals surface area contributed by atoms with Crippen molar-refractivity contribution in [1.29, 1.82) is 0 Å². The van der Waals surface area contributed by atoms with Crippen LogP contribution < -0.4 is 9.47 Å². The molecule has 0 aliphatic heterocycles.